The standard InChI is InChI=1S/C25H21N3O/c1-15-6-8-17(9-7-15)20-4-3-5-22-21(20)14-23(28-22)18-10-12-19(13-11-18)24-25(29)27-16(2)26-24/h3-13,24,26H,2,14H2,1H3,(H,27,29). The number of benzene rings is 3. The van der Waals surface area contributed by atoms with Crippen LogP contribution in [0.2, 0.25) is 0 Å². The van der Waals surface area contributed by atoms with Crippen molar-refractivity contribution in [1.29, 1.82) is 0 Å². The maximum absolute atomic E-state index is 12.0. The first-order chi connectivity index (χ1) is 14.1. The highest BCUT2D eigenvalue weighted by Crippen LogP contribution is 2.37. The van der Waals surface area contributed by atoms with Crippen LogP contribution < -0.4 is 10.6 Å². The molecule has 2 N–H and O–H groups in total. The van der Waals surface area contributed by atoms with Gasteiger partial charge in [0.05, 0.1) is 17.2 Å². The van der Waals surface area contributed by atoms with Gasteiger partial charge in [-0.1, -0.05) is 72.8 Å². The van der Waals surface area contributed by atoms with Gasteiger partial charge in [0.15, 0.2) is 0 Å². The zero-order valence-corrected chi connectivity index (χ0v) is 16.2. The van der Waals surface area contributed by atoms with E-state index in [4.69, 9.17) is 4.99 Å². The van der Waals surface area contributed by atoms with E-state index in [1.165, 1.54) is 22.3 Å². The number of nitrogens with zero attached hydrogens (tertiary/aromatic N) is 1. The molecular formula is C25H21N3O. The number of rotatable bonds is 3. The van der Waals surface area contributed by atoms with Gasteiger partial charge < -0.3 is 10.6 Å². The predicted octanol–water partition coefficient (Wildman–Crippen LogP) is 4.57. The van der Waals surface area contributed by atoms with E-state index in [9.17, 15) is 4.79 Å². The lowest BCUT2D eigenvalue weighted by Crippen LogP contribution is -2.19. The van der Waals surface area contributed by atoms with Gasteiger partial charge in [-0.25, -0.2) is 0 Å². The van der Waals surface area contributed by atoms with Gasteiger partial charge in [0.25, 0.3) is 5.91 Å². The van der Waals surface area contributed by atoms with E-state index in [0.29, 0.717) is 5.82 Å². The molecule has 142 valence electrons. The third-order valence-corrected chi connectivity index (χ3v) is 5.55. The van der Waals surface area contributed by atoms with Gasteiger partial charge in [-0.2, -0.15) is 0 Å². The molecule has 1 unspecified atom stereocenters. The van der Waals surface area contributed by atoms with Crippen LogP contribution in [0.25, 0.3) is 11.1 Å². The summed E-state index contributed by atoms with van der Waals surface area (Å²) in [6.45, 7) is 5.86. The monoisotopic (exact) mass is 379 g/mol. The second-order valence-corrected chi connectivity index (χ2v) is 7.57. The summed E-state index contributed by atoms with van der Waals surface area (Å²) in [6.07, 6.45) is 0.803. The molecule has 0 aliphatic carbocycles. The molecule has 0 spiro atoms. The van der Waals surface area contributed by atoms with Crippen molar-refractivity contribution in [3.8, 4) is 11.1 Å². The Morgan fingerprint density at radius 1 is 0.966 bits per heavy atom. The Morgan fingerprint density at radius 3 is 2.38 bits per heavy atom. The number of fused-ring (bicyclic) bond motifs is 1. The van der Waals surface area contributed by atoms with E-state index in [1.807, 2.05) is 24.3 Å². The molecule has 3 aromatic rings. The van der Waals surface area contributed by atoms with Crippen LogP contribution in [0, 0.1) is 6.92 Å². The molecule has 1 atom stereocenters. The lowest BCUT2D eigenvalue weighted by atomic mass is 9.94. The molecule has 0 bridgehead atoms. The first kappa shape index (κ1) is 17.4. The second-order valence-electron chi connectivity index (χ2n) is 7.57. The second kappa shape index (κ2) is 6.74. The smallest absolute Gasteiger partial charge is 0.252 e. The number of carbonyl (C=O) groups is 1. The van der Waals surface area contributed by atoms with Gasteiger partial charge in [0, 0.05) is 6.42 Å². The molecule has 2 aliphatic rings. The summed E-state index contributed by atoms with van der Waals surface area (Å²) >= 11 is 0. The molecular weight excluding hydrogens is 358 g/mol. The van der Waals surface area contributed by atoms with Crippen LogP contribution in [0.4, 0.5) is 5.69 Å². The lowest BCUT2D eigenvalue weighted by molar-refractivity contribution is -0.120. The Hall–Kier alpha value is -3.66. The maximum Gasteiger partial charge on any atom is 0.252 e. The Morgan fingerprint density at radius 2 is 1.69 bits per heavy atom. The summed E-state index contributed by atoms with van der Waals surface area (Å²) in [5, 5.41) is 5.77. The highest BCUT2D eigenvalue weighted by atomic mass is 16.2. The summed E-state index contributed by atoms with van der Waals surface area (Å²) in [5.41, 5.74) is 9.07. The summed E-state index contributed by atoms with van der Waals surface area (Å²) in [7, 11) is 0. The number of hydrogen-bond acceptors (Lipinski definition) is 3. The van der Waals surface area contributed by atoms with Crippen molar-refractivity contribution in [1.82, 2.24) is 10.6 Å². The average molecular weight is 379 g/mol. The Bertz CT molecular complexity index is 1160. The Kier molecular flexibility index (Phi) is 4.06. The van der Waals surface area contributed by atoms with Gasteiger partial charge in [0.1, 0.15) is 6.04 Å². The summed E-state index contributed by atoms with van der Waals surface area (Å²) in [6, 6.07) is 22.6. The minimum Gasteiger partial charge on any atom is -0.357 e. The lowest BCUT2D eigenvalue weighted by Gasteiger charge is -2.10. The van der Waals surface area contributed by atoms with Crippen LogP contribution >= 0.6 is 0 Å². The van der Waals surface area contributed by atoms with Gasteiger partial charge >= 0.3 is 0 Å². The molecule has 2 heterocycles. The number of hydrogen-bond donors (Lipinski definition) is 2. The highest BCUT2D eigenvalue weighted by molar-refractivity contribution is 6.08. The number of aliphatic imine (C=N–C) groups is 1. The van der Waals surface area contributed by atoms with Gasteiger partial charge in [0.2, 0.25) is 0 Å². The summed E-state index contributed by atoms with van der Waals surface area (Å²) in [5.74, 6) is 0.472. The fraction of sp³-hybridized carbons (Fsp3) is 0.120. The van der Waals surface area contributed by atoms with E-state index >= 15 is 0 Å². The van der Waals surface area contributed by atoms with E-state index in [1.54, 1.807) is 0 Å². The zero-order valence-electron chi connectivity index (χ0n) is 16.2. The first-order valence-electron chi connectivity index (χ1n) is 9.71. The molecule has 5 rings (SSSR count). The Labute approximate surface area is 170 Å². The zero-order chi connectivity index (χ0) is 20.0. The van der Waals surface area contributed by atoms with Crippen LogP contribution in [-0.2, 0) is 11.2 Å². The predicted molar refractivity (Wildman–Crippen MR) is 116 cm³/mol. The molecule has 4 heteroatoms. The summed E-state index contributed by atoms with van der Waals surface area (Å²) in [4.78, 5) is 16.9. The van der Waals surface area contributed by atoms with Gasteiger partial charge in [-0.15, -0.1) is 0 Å². The number of aryl methyl sites for hydroxylation is 1. The molecule has 1 saturated heterocycles. The third-order valence-electron chi connectivity index (χ3n) is 5.55. The van der Waals surface area contributed by atoms with E-state index in [2.05, 4.69) is 66.6 Å². The quantitative estimate of drug-likeness (QED) is 0.700. The molecule has 29 heavy (non-hydrogen) atoms. The van der Waals surface area contributed by atoms with Crippen molar-refractivity contribution in [2.24, 2.45) is 4.99 Å². The van der Waals surface area contributed by atoms with Crippen molar-refractivity contribution in [2.45, 2.75) is 19.4 Å². The fourth-order valence-electron chi connectivity index (χ4n) is 3.99. The molecule has 0 radical (unpaired) electrons. The normalized spacial score (nSPS) is 17.6. The summed E-state index contributed by atoms with van der Waals surface area (Å²) < 4.78 is 0. The van der Waals surface area contributed by atoms with Crippen molar-refractivity contribution in [3.05, 3.63) is 101 Å². The van der Waals surface area contributed by atoms with E-state index in [0.717, 1.165) is 28.9 Å². The third kappa shape index (κ3) is 3.13. The number of nitrogens with one attached hydrogen (secondary N) is 2. The Balaban J connectivity index is 1.42. The van der Waals surface area contributed by atoms with E-state index < -0.39 is 0 Å². The van der Waals surface area contributed by atoms with Crippen molar-refractivity contribution in [2.75, 3.05) is 0 Å². The average Bonchev–Trinajstić information content (AvgIpc) is 3.31. The topological polar surface area (TPSA) is 53.5 Å². The molecule has 3 aromatic carbocycles. The van der Waals surface area contributed by atoms with Crippen LogP contribution in [0.3, 0.4) is 0 Å². The largest absolute Gasteiger partial charge is 0.357 e. The van der Waals surface area contributed by atoms with Crippen LogP contribution in [0.5, 0.6) is 0 Å². The van der Waals surface area contributed by atoms with Crippen LogP contribution in [0.15, 0.2) is 84.1 Å². The van der Waals surface area contributed by atoms with Crippen LogP contribution in [0.1, 0.15) is 28.3 Å². The van der Waals surface area contributed by atoms with Gasteiger partial charge in [-0.3, -0.25) is 9.79 Å². The first-order valence-corrected chi connectivity index (χ1v) is 9.71. The minimum absolute atomic E-state index is 0.0731. The molecule has 2 aliphatic heterocycles. The highest BCUT2D eigenvalue weighted by Gasteiger charge is 2.27. The fourth-order valence-corrected chi connectivity index (χ4v) is 3.99. The van der Waals surface area contributed by atoms with Crippen molar-refractivity contribution in [3.63, 3.8) is 0 Å². The molecule has 0 aromatic heterocycles. The molecule has 1 amide bonds. The van der Waals surface area contributed by atoms with Gasteiger partial charge in [-0.05, 0) is 40.8 Å². The van der Waals surface area contributed by atoms with Crippen molar-refractivity contribution >= 4 is 17.3 Å². The van der Waals surface area contributed by atoms with Crippen molar-refractivity contribution < 1.29 is 4.79 Å². The molecule has 4 nitrogen and oxygen atoms in total. The van der Waals surface area contributed by atoms with E-state index in [-0.39, 0.29) is 11.9 Å². The minimum atomic E-state index is -0.382. The SMILES string of the molecule is C=C1NC(=O)C(c2ccc(C3=Nc4cccc(-c5ccc(C)cc5)c4C3)cc2)N1. The number of carbonyl (C=O) groups excluding carboxylic acids is 1. The number of amides is 1. The van der Waals surface area contributed by atoms with Crippen LogP contribution in [-0.4, -0.2) is 11.6 Å². The molecule has 0 saturated carbocycles. The maximum atomic E-state index is 12.0. The molecule has 1 fully saturated rings.